The molecule has 0 radical (unpaired) electrons. The van der Waals surface area contributed by atoms with Crippen molar-refractivity contribution in [2.75, 3.05) is 0 Å². The topological polar surface area (TPSA) is 45.8 Å². The van der Waals surface area contributed by atoms with Crippen molar-refractivity contribution < 1.29 is 4.79 Å². The molecule has 2 aromatic rings. The molecule has 0 bridgehead atoms. The van der Waals surface area contributed by atoms with Gasteiger partial charge in [-0.05, 0) is 37.0 Å². The molecule has 20 heavy (non-hydrogen) atoms. The predicted molar refractivity (Wildman–Crippen MR) is 81.1 cm³/mol. The monoisotopic (exact) mass is 270 g/mol. The Morgan fingerprint density at radius 3 is 2.80 bits per heavy atom. The van der Waals surface area contributed by atoms with Crippen molar-refractivity contribution in [1.82, 2.24) is 9.97 Å². The minimum absolute atomic E-state index is 0.221. The van der Waals surface area contributed by atoms with Crippen molar-refractivity contribution in [3.8, 4) is 0 Å². The first kappa shape index (κ1) is 13.3. The fourth-order valence-electron chi connectivity index (χ4n) is 3.08. The number of nitrogens with zero attached hydrogens (tertiary/aromatic N) is 1. The third-order valence-electron chi connectivity index (χ3n) is 4.16. The summed E-state index contributed by atoms with van der Waals surface area (Å²) >= 11 is 0. The van der Waals surface area contributed by atoms with Gasteiger partial charge in [-0.3, -0.25) is 4.79 Å². The van der Waals surface area contributed by atoms with Crippen molar-refractivity contribution in [1.29, 1.82) is 0 Å². The summed E-state index contributed by atoms with van der Waals surface area (Å²) in [5, 5.41) is 0. The lowest BCUT2D eigenvalue weighted by Crippen LogP contribution is -2.03. The highest BCUT2D eigenvalue weighted by atomic mass is 16.1. The third-order valence-corrected chi connectivity index (χ3v) is 4.16. The molecule has 106 valence electrons. The van der Waals surface area contributed by atoms with Crippen LogP contribution in [-0.2, 0) is 0 Å². The van der Waals surface area contributed by atoms with E-state index in [-0.39, 0.29) is 5.78 Å². The quantitative estimate of drug-likeness (QED) is 0.834. The fourth-order valence-corrected chi connectivity index (χ4v) is 3.08. The number of nitrogens with one attached hydrogen (secondary N) is 1. The van der Waals surface area contributed by atoms with Crippen LogP contribution in [0.1, 0.15) is 68.1 Å². The Labute approximate surface area is 119 Å². The Morgan fingerprint density at radius 1 is 1.35 bits per heavy atom. The third kappa shape index (κ3) is 2.62. The summed E-state index contributed by atoms with van der Waals surface area (Å²) in [6.45, 7) is 4.15. The van der Waals surface area contributed by atoms with Crippen LogP contribution in [0.3, 0.4) is 0 Å². The number of imidazole rings is 1. The smallest absolute Gasteiger partial charge is 0.163 e. The molecule has 1 aliphatic rings. The summed E-state index contributed by atoms with van der Waals surface area (Å²) in [6, 6.07) is 5.84. The van der Waals surface area contributed by atoms with Gasteiger partial charge in [0, 0.05) is 17.9 Å². The first-order valence-corrected chi connectivity index (χ1v) is 7.66. The van der Waals surface area contributed by atoms with Gasteiger partial charge >= 0.3 is 0 Å². The molecule has 1 aliphatic carbocycles. The van der Waals surface area contributed by atoms with E-state index in [4.69, 9.17) is 0 Å². The molecular formula is C17H22N2O. The first-order valence-electron chi connectivity index (χ1n) is 7.66. The van der Waals surface area contributed by atoms with E-state index in [1.807, 2.05) is 18.2 Å². The van der Waals surface area contributed by atoms with E-state index in [1.165, 1.54) is 25.7 Å². The molecule has 1 fully saturated rings. The summed E-state index contributed by atoms with van der Waals surface area (Å²) in [4.78, 5) is 20.2. The highest BCUT2D eigenvalue weighted by Crippen LogP contribution is 2.33. The van der Waals surface area contributed by atoms with E-state index in [9.17, 15) is 4.79 Å². The predicted octanol–water partition coefficient (Wildman–Crippen LogP) is 4.45. The molecule has 3 rings (SSSR count). The molecule has 1 aromatic carbocycles. The van der Waals surface area contributed by atoms with Gasteiger partial charge in [0.15, 0.2) is 5.78 Å². The lowest BCUT2D eigenvalue weighted by molar-refractivity contribution is 0.0968. The van der Waals surface area contributed by atoms with Gasteiger partial charge in [-0.2, -0.15) is 0 Å². The molecule has 1 heterocycles. The highest BCUT2D eigenvalue weighted by Gasteiger charge is 2.20. The van der Waals surface area contributed by atoms with Crippen LogP contribution >= 0.6 is 0 Å². The van der Waals surface area contributed by atoms with Gasteiger partial charge in [-0.1, -0.05) is 26.7 Å². The normalized spacial score (nSPS) is 16.4. The zero-order valence-electron chi connectivity index (χ0n) is 12.3. The van der Waals surface area contributed by atoms with E-state index < -0.39 is 0 Å². The summed E-state index contributed by atoms with van der Waals surface area (Å²) in [6.07, 6.45) is 5.69. The van der Waals surface area contributed by atoms with Crippen LogP contribution in [0.25, 0.3) is 11.0 Å². The highest BCUT2D eigenvalue weighted by molar-refractivity contribution is 5.98. The second-order valence-corrected chi connectivity index (χ2v) is 6.36. The Kier molecular flexibility index (Phi) is 3.60. The summed E-state index contributed by atoms with van der Waals surface area (Å²) in [5.74, 6) is 2.30. The molecule has 3 nitrogen and oxygen atoms in total. The number of ketones is 1. The molecule has 1 aromatic heterocycles. The van der Waals surface area contributed by atoms with Crippen molar-refractivity contribution in [2.24, 2.45) is 5.92 Å². The Bertz CT molecular complexity index is 621. The number of aromatic amines is 1. The minimum Gasteiger partial charge on any atom is -0.342 e. The lowest BCUT2D eigenvalue weighted by atomic mass is 10.0. The Balaban J connectivity index is 1.88. The number of rotatable bonds is 4. The van der Waals surface area contributed by atoms with Gasteiger partial charge in [-0.25, -0.2) is 4.98 Å². The number of fused-ring (bicyclic) bond motifs is 1. The minimum atomic E-state index is 0.221. The number of benzene rings is 1. The summed E-state index contributed by atoms with van der Waals surface area (Å²) < 4.78 is 0. The average Bonchev–Trinajstić information content (AvgIpc) is 3.05. The van der Waals surface area contributed by atoms with Gasteiger partial charge in [0.2, 0.25) is 0 Å². The van der Waals surface area contributed by atoms with Crippen molar-refractivity contribution in [3.63, 3.8) is 0 Å². The molecule has 0 atom stereocenters. The maximum atomic E-state index is 12.1. The van der Waals surface area contributed by atoms with Crippen LogP contribution in [-0.4, -0.2) is 15.8 Å². The molecule has 3 heteroatoms. The first-order chi connectivity index (χ1) is 9.63. The van der Waals surface area contributed by atoms with Crippen LogP contribution in [0, 0.1) is 5.92 Å². The maximum absolute atomic E-state index is 12.1. The Morgan fingerprint density at radius 2 is 2.10 bits per heavy atom. The Hall–Kier alpha value is -1.64. The van der Waals surface area contributed by atoms with Gasteiger partial charge < -0.3 is 4.98 Å². The van der Waals surface area contributed by atoms with Gasteiger partial charge in [0.25, 0.3) is 0 Å². The molecule has 0 spiro atoms. The molecule has 0 unspecified atom stereocenters. The van der Waals surface area contributed by atoms with Gasteiger partial charge in [-0.15, -0.1) is 0 Å². The van der Waals surface area contributed by atoms with E-state index in [0.29, 0.717) is 18.3 Å². The van der Waals surface area contributed by atoms with Crippen LogP contribution < -0.4 is 0 Å². The maximum Gasteiger partial charge on any atom is 0.163 e. The van der Waals surface area contributed by atoms with Gasteiger partial charge in [0.05, 0.1) is 11.0 Å². The average molecular weight is 270 g/mol. The summed E-state index contributed by atoms with van der Waals surface area (Å²) in [7, 11) is 0. The van der Waals surface area contributed by atoms with Crippen LogP contribution in [0.2, 0.25) is 0 Å². The summed E-state index contributed by atoms with van der Waals surface area (Å²) in [5.41, 5.74) is 2.78. The standard InChI is InChI=1S/C17H22N2O/c1-11(2)9-16(20)13-7-8-14-15(10-13)19-17(18-14)12-5-3-4-6-12/h7-8,10-12H,3-6,9H2,1-2H3,(H,18,19). The number of H-pyrrole nitrogens is 1. The molecule has 1 N–H and O–H groups in total. The number of aromatic nitrogens is 2. The zero-order valence-corrected chi connectivity index (χ0v) is 12.3. The zero-order chi connectivity index (χ0) is 14.1. The molecule has 0 saturated heterocycles. The number of Topliss-reactive ketones (excluding diaryl/α,β-unsaturated/α-hetero) is 1. The van der Waals surface area contributed by atoms with E-state index >= 15 is 0 Å². The molecule has 0 aliphatic heterocycles. The number of hydrogen-bond donors (Lipinski definition) is 1. The van der Waals surface area contributed by atoms with E-state index in [1.54, 1.807) is 0 Å². The lowest BCUT2D eigenvalue weighted by Gasteiger charge is -2.03. The van der Waals surface area contributed by atoms with Gasteiger partial charge in [0.1, 0.15) is 5.82 Å². The van der Waals surface area contributed by atoms with E-state index in [2.05, 4.69) is 23.8 Å². The van der Waals surface area contributed by atoms with Crippen molar-refractivity contribution >= 4 is 16.8 Å². The molecular weight excluding hydrogens is 248 g/mol. The molecule has 1 saturated carbocycles. The second-order valence-electron chi connectivity index (χ2n) is 6.36. The van der Waals surface area contributed by atoms with Crippen molar-refractivity contribution in [2.45, 2.75) is 51.9 Å². The van der Waals surface area contributed by atoms with Crippen LogP contribution in [0.5, 0.6) is 0 Å². The van der Waals surface area contributed by atoms with Crippen molar-refractivity contribution in [3.05, 3.63) is 29.6 Å². The van der Waals surface area contributed by atoms with E-state index in [0.717, 1.165) is 22.4 Å². The van der Waals surface area contributed by atoms with Crippen LogP contribution in [0.15, 0.2) is 18.2 Å². The number of hydrogen-bond acceptors (Lipinski definition) is 2. The molecule has 0 amide bonds. The largest absolute Gasteiger partial charge is 0.342 e. The van der Waals surface area contributed by atoms with Crippen LogP contribution in [0.4, 0.5) is 0 Å². The number of carbonyl (C=O) groups excluding carboxylic acids is 1. The SMILES string of the molecule is CC(C)CC(=O)c1ccc2nc(C3CCCC3)[nH]c2c1. The second kappa shape index (κ2) is 5.39. The number of carbonyl (C=O) groups is 1. The fraction of sp³-hybridized carbons (Fsp3) is 0.529.